The van der Waals surface area contributed by atoms with E-state index in [1.807, 2.05) is 29.5 Å². The Kier molecular flexibility index (Phi) is 5.03. The molecule has 1 fully saturated rings. The number of pyridine rings is 2. The zero-order chi connectivity index (χ0) is 21.5. The van der Waals surface area contributed by atoms with Crippen molar-refractivity contribution >= 4 is 16.6 Å². The minimum absolute atomic E-state index is 0.200. The summed E-state index contributed by atoms with van der Waals surface area (Å²) in [6, 6.07) is 11.3. The van der Waals surface area contributed by atoms with Crippen molar-refractivity contribution in [1.29, 1.82) is 0 Å². The molecule has 1 aromatic carbocycles. The Balaban J connectivity index is 1.55. The molecule has 4 heterocycles. The average molecular weight is 420 g/mol. The second-order valence-corrected chi connectivity index (χ2v) is 8.04. The van der Waals surface area contributed by atoms with Crippen LogP contribution >= 0.6 is 0 Å². The van der Waals surface area contributed by atoms with E-state index in [4.69, 9.17) is 15.5 Å². The van der Waals surface area contributed by atoms with Crippen molar-refractivity contribution in [1.82, 2.24) is 24.5 Å². The first kappa shape index (κ1) is 19.8. The number of benzene rings is 1. The van der Waals surface area contributed by atoms with Crippen LogP contribution in [0, 0.1) is 5.82 Å². The lowest BCUT2D eigenvalue weighted by molar-refractivity contribution is 0.259. The molecule has 1 aliphatic heterocycles. The number of nitrogens with two attached hydrogens (primary N) is 1. The molecule has 3 aromatic heterocycles. The molecule has 2 unspecified atom stereocenters. The van der Waals surface area contributed by atoms with E-state index in [1.165, 1.54) is 11.6 Å². The summed E-state index contributed by atoms with van der Waals surface area (Å²) in [4.78, 5) is 7.11. The predicted octanol–water partition coefficient (Wildman–Crippen LogP) is 3.58. The minimum atomic E-state index is -0.392. The first-order chi connectivity index (χ1) is 15.0. The molecular formula is C23H25FN6O. The summed E-state index contributed by atoms with van der Waals surface area (Å²) >= 11 is 0. The highest BCUT2D eigenvalue weighted by Gasteiger charge is 2.25. The van der Waals surface area contributed by atoms with Crippen LogP contribution in [0.25, 0.3) is 28.1 Å². The molecule has 0 saturated carbocycles. The number of nitrogens with zero attached hydrogens (tertiary/aromatic N) is 5. The van der Waals surface area contributed by atoms with E-state index in [-0.39, 0.29) is 17.8 Å². The van der Waals surface area contributed by atoms with Gasteiger partial charge < -0.3 is 10.5 Å². The van der Waals surface area contributed by atoms with Crippen molar-refractivity contribution in [3.8, 4) is 17.3 Å². The molecule has 1 aliphatic rings. The van der Waals surface area contributed by atoms with Crippen LogP contribution < -0.4 is 10.5 Å². The fourth-order valence-corrected chi connectivity index (χ4v) is 4.22. The van der Waals surface area contributed by atoms with E-state index in [9.17, 15) is 4.39 Å². The number of rotatable bonds is 5. The van der Waals surface area contributed by atoms with E-state index in [0.29, 0.717) is 29.0 Å². The van der Waals surface area contributed by atoms with Gasteiger partial charge in [-0.2, -0.15) is 0 Å². The van der Waals surface area contributed by atoms with Gasteiger partial charge in [0.15, 0.2) is 23.0 Å². The summed E-state index contributed by atoms with van der Waals surface area (Å²) < 4.78 is 21.5. The minimum Gasteiger partial charge on any atom is -0.491 e. The molecule has 31 heavy (non-hydrogen) atoms. The van der Waals surface area contributed by atoms with Gasteiger partial charge in [-0.1, -0.05) is 12.1 Å². The van der Waals surface area contributed by atoms with Crippen LogP contribution in [-0.2, 0) is 0 Å². The number of halogens is 1. The molecular weight excluding hydrogens is 395 g/mol. The lowest BCUT2D eigenvalue weighted by Crippen LogP contribution is -2.28. The maximum absolute atomic E-state index is 14.2. The number of likely N-dealkylation sites (tertiary alicyclic amines) is 1. The number of hydrogen-bond acceptors (Lipinski definition) is 6. The number of fused-ring (bicyclic) bond motifs is 2. The smallest absolute Gasteiger partial charge is 0.187 e. The van der Waals surface area contributed by atoms with Gasteiger partial charge in [-0.25, -0.2) is 9.37 Å². The van der Waals surface area contributed by atoms with Gasteiger partial charge in [0.2, 0.25) is 0 Å². The van der Waals surface area contributed by atoms with Crippen LogP contribution in [0.1, 0.15) is 31.9 Å². The summed E-state index contributed by atoms with van der Waals surface area (Å²) in [5, 5.41) is 9.38. The Morgan fingerprint density at radius 2 is 2.10 bits per heavy atom. The van der Waals surface area contributed by atoms with Crippen molar-refractivity contribution in [3.63, 3.8) is 0 Å². The molecule has 0 aliphatic carbocycles. The maximum atomic E-state index is 14.2. The molecule has 8 heteroatoms. The van der Waals surface area contributed by atoms with Gasteiger partial charge in [0, 0.05) is 42.8 Å². The number of aromatic nitrogens is 4. The normalized spacial score (nSPS) is 18.1. The Bertz CT molecular complexity index is 1260. The average Bonchev–Trinajstić information content (AvgIpc) is 3.39. The quantitative estimate of drug-likeness (QED) is 0.532. The van der Waals surface area contributed by atoms with Crippen molar-refractivity contribution in [2.45, 2.75) is 32.4 Å². The van der Waals surface area contributed by atoms with Gasteiger partial charge >= 0.3 is 0 Å². The second-order valence-electron chi connectivity index (χ2n) is 8.04. The standard InChI is InChI=1S/C23H25FN6O/c1-3-31-21-11-20-15(10-18(21)24)4-6-19(26-20)23-28-27-22-7-5-16(12-30(22)23)14(2)29-9-8-17(25)13-29/h4-7,10-12,14,17H,3,8-9,13,25H2,1-2H3. The third-order valence-corrected chi connectivity index (χ3v) is 5.98. The molecule has 0 spiro atoms. The lowest BCUT2D eigenvalue weighted by Gasteiger charge is -2.24. The van der Waals surface area contributed by atoms with Gasteiger partial charge in [-0.3, -0.25) is 9.30 Å². The summed E-state index contributed by atoms with van der Waals surface area (Å²) in [7, 11) is 0. The fraction of sp³-hybridized carbons (Fsp3) is 0.348. The van der Waals surface area contributed by atoms with Crippen LogP contribution in [0.4, 0.5) is 4.39 Å². The first-order valence-corrected chi connectivity index (χ1v) is 10.6. The largest absolute Gasteiger partial charge is 0.491 e. The van der Waals surface area contributed by atoms with E-state index < -0.39 is 5.82 Å². The molecule has 2 N–H and O–H groups in total. The Hall–Kier alpha value is -3.10. The van der Waals surface area contributed by atoms with Gasteiger partial charge in [-0.05, 0) is 44.0 Å². The third kappa shape index (κ3) is 3.62. The first-order valence-electron chi connectivity index (χ1n) is 10.6. The fourth-order valence-electron chi connectivity index (χ4n) is 4.22. The molecule has 2 atom stereocenters. The van der Waals surface area contributed by atoms with E-state index >= 15 is 0 Å². The topological polar surface area (TPSA) is 81.6 Å². The van der Waals surface area contributed by atoms with E-state index in [0.717, 1.165) is 25.2 Å². The van der Waals surface area contributed by atoms with Gasteiger partial charge in [-0.15, -0.1) is 10.2 Å². The highest BCUT2D eigenvalue weighted by atomic mass is 19.1. The highest BCUT2D eigenvalue weighted by Crippen LogP contribution is 2.28. The molecule has 4 aromatic rings. The Morgan fingerprint density at radius 3 is 2.87 bits per heavy atom. The van der Waals surface area contributed by atoms with Crippen molar-refractivity contribution in [3.05, 3.63) is 54.0 Å². The third-order valence-electron chi connectivity index (χ3n) is 5.98. The van der Waals surface area contributed by atoms with Crippen LogP contribution in [-0.4, -0.2) is 50.2 Å². The summed E-state index contributed by atoms with van der Waals surface area (Å²) in [5.74, 6) is 0.453. The summed E-state index contributed by atoms with van der Waals surface area (Å²) in [6.07, 6.45) is 3.09. The van der Waals surface area contributed by atoms with Gasteiger partial charge in [0.1, 0.15) is 5.69 Å². The van der Waals surface area contributed by atoms with Gasteiger partial charge in [0.25, 0.3) is 0 Å². The molecule has 0 bridgehead atoms. The monoisotopic (exact) mass is 420 g/mol. The second kappa shape index (κ2) is 7.86. The van der Waals surface area contributed by atoms with Crippen molar-refractivity contribution < 1.29 is 9.13 Å². The molecule has 160 valence electrons. The van der Waals surface area contributed by atoms with Crippen LogP contribution in [0.15, 0.2) is 42.6 Å². The molecule has 0 radical (unpaired) electrons. The SMILES string of the molecule is CCOc1cc2nc(-c3nnc4ccc(C(C)N5CCC(N)C5)cn34)ccc2cc1F. The molecule has 0 amide bonds. The van der Waals surface area contributed by atoms with Crippen molar-refractivity contribution in [2.75, 3.05) is 19.7 Å². The van der Waals surface area contributed by atoms with E-state index in [2.05, 4.69) is 34.3 Å². The van der Waals surface area contributed by atoms with Crippen LogP contribution in [0.5, 0.6) is 5.75 Å². The van der Waals surface area contributed by atoms with Crippen LogP contribution in [0.3, 0.4) is 0 Å². The summed E-state index contributed by atoms with van der Waals surface area (Å²) in [6.45, 7) is 6.31. The van der Waals surface area contributed by atoms with Crippen molar-refractivity contribution in [2.24, 2.45) is 5.73 Å². The van der Waals surface area contributed by atoms with Crippen LogP contribution in [0.2, 0.25) is 0 Å². The zero-order valence-electron chi connectivity index (χ0n) is 17.6. The highest BCUT2D eigenvalue weighted by molar-refractivity contribution is 5.82. The van der Waals surface area contributed by atoms with Gasteiger partial charge in [0.05, 0.1) is 12.1 Å². The Labute approximate surface area is 179 Å². The molecule has 1 saturated heterocycles. The number of ether oxygens (including phenoxy) is 1. The predicted molar refractivity (Wildman–Crippen MR) is 117 cm³/mol. The lowest BCUT2D eigenvalue weighted by atomic mass is 10.1. The zero-order valence-corrected chi connectivity index (χ0v) is 17.6. The van der Waals surface area contributed by atoms with E-state index in [1.54, 1.807) is 6.07 Å². The Morgan fingerprint density at radius 1 is 1.23 bits per heavy atom. The molecule has 5 rings (SSSR count). The number of hydrogen-bond donors (Lipinski definition) is 1. The maximum Gasteiger partial charge on any atom is 0.187 e. The summed E-state index contributed by atoms with van der Waals surface area (Å²) in [5.41, 5.74) is 9.33. The molecule has 7 nitrogen and oxygen atoms in total.